The molecule has 8 heteroatoms. The number of anilines is 1. The molecule has 0 radical (unpaired) electrons. The summed E-state index contributed by atoms with van der Waals surface area (Å²) in [6.45, 7) is 3.28. The Morgan fingerprint density at radius 2 is 1.83 bits per heavy atom. The SMILES string of the molecule is CC(C)(CCC(=O)O)NC(=O)Nc1ccc(OCC(N)=O)cc1. The second-order valence-corrected chi connectivity index (χ2v) is 5.64. The molecule has 0 bridgehead atoms. The van der Waals surface area contributed by atoms with E-state index in [9.17, 15) is 14.4 Å². The maximum absolute atomic E-state index is 11.9. The zero-order valence-electron chi connectivity index (χ0n) is 13.1. The fourth-order valence-corrected chi connectivity index (χ4v) is 1.74. The van der Waals surface area contributed by atoms with Gasteiger partial charge in [0.2, 0.25) is 0 Å². The number of amides is 3. The molecule has 0 saturated heterocycles. The van der Waals surface area contributed by atoms with Gasteiger partial charge in [0.25, 0.3) is 5.91 Å². The van der Waals surface area contributed by atoms with Crippen molar-refractivity contribution in [2.45, 2.75) is 32.2 Å². The summed E-state index contributed by atoms with van der Waals surface area (Å²) in [6.07, 6.45) is 0.287. The van der Waals surface area contributed by atoms with E-state index < -0.39 is 23.4 Å². The van der Waals surface area contributed by atoms with E-state index in [0.717, 1.165) is 0 Å². The number of primary amides is 1. The molecular formula is C15H21N3O5. The molecule has 0 fully saturated rings. The van der Waals surface area contributed by atoms with Gasteiger partial charge in [-0.2, -0.15) is 0 Å². The molecule has 8 nitrogen and oxygen atoms in total. The maximum atomic E-state index is 11.9. The van der Waals surface area contributed by atoms with E-state index in [1.165, 1.54) is 0 Å². The van der Waals surface area contributed by atoms with Crippen LogP contribution in [-0.4, -0.2) is 35.2 Å². The Morgan fingerprint density at radius 1 is 1.22 bits per heavy atom. The highest BCUT2D eigenvalue weighted by molar-refractivity contribution is 5.89. The summed E-state index contributed by atoms with van der Waals surface area (Å²) in [5.41, 5.74) is 4.86. The molecule has 0 aliphatic carbocycles. The molecular weight excluding hydrogens is 302 g/mol. The molecule has 23 heavy (non-hydrogen) atoms. The fourth-order valence-electron chi connectivity index (χ4n) is 1.74. The average Bonchev–Trinajstić information content (AvgIpc) is 2.44. The topological polar surface area (TPSA) is 131 Å². The predicted molar refractivity (Wildman–Crippen MR) is 84.2 cm³/mol. The van der Waals surface area contributed by atoms with Gasteiger partial charge in [-0.1, -0.05) is 0 Å². The Morgan fingerprint density at radius 3 is 2.35 bits per heavy atom. The number of ether oxygens (including phenoxy) is 1. The lowest BCUT2D eigenvalue weighted by molar-refractivity contribution is -0.137. The van der Waals surface area contributed by atoms with Crippen LogP contribution in [0.25, 0.3) is 0 Å². The van der Waals surface area contributed by atoms with Gasteiger partial charge < -0.3 is 26.2 Å². The van der Waals surface area contributed by atoms with Crippen molar-refractivity contribution in [3.63, 3.8) is 0 Å². The molecule has 1 aromatic carbocycles. The predicted octanol–water partition coefficient (Wildman–Crippen LogP) is 1.32. The third-order valence-electron chi connectivity index (χ3n) is 2.91. The molecule has 3 amide bonds. The summed E-state index contributed by atoms with van der Waals surface area (Å²) < 4.78 is 5.10. The number of nitrogens with two attached hydrogens (primary N) is 1. The Bertz CT molecular complexity index is 569. The van der Waals surface area contributed by atoms with Crippen LogP contribution in [0.2, 0.25) is 0 Å². The Balaban J connectivity index is 2.50. The van der Waals surface area contributed by atoms with E-state index in [4.69, 9.17) is 15.6 Å². The zero-order chi connectivity index (χ0) is 17.5. The van der Waals surface area contributed by atoms with Crippen LogP contribution in [0, 0.1) is 0 Å². The molecule has 0 aliphatic rings. The number of carboxylic acid groups (broad SMARTS) is 1. The molecule has 1 aromatic rings. The highest BCUT2D eigenvalue weighted by Gasteiger charge is 2.21. The third kappa shape index (κ3) is 7.70. The summed E-state index contributed by atoms with van der Waals surface area (Å²) in [7, 11) is 0. The molecule has 0 saturated carbocycles. The van der Waals surface area contributed by atoms with Crippen molar-refractivity contribution in [2.75, 3.05) is 11.9 Å². The van der Waals surface area contributed by atoms with E-state index in [1.807, 2.05) is 0 Å². The van der Waals surface area contributed by atoms with Crippen molar-refractivity contribution < 1.29 is 24.2 Å². The molecule has 0 aliphatic heterocycles. The van der Waals surface area contributed by atoms with Crippen molar-refractivity contribution in [1.82, 2.24) is 5.32 Å². The van der Waals surface area contributed by atoms with Crippen molar-refractivity contribution in [3.05, 3.63) is 24.3 Å². The summed E-state index contributed by atoms with van der Waals surface area (Å²) in [5, 5.41) is 14.0. The summed E-state index contributed by atoms with van der Waals surface area (Å²) in [5.74, 6) is -1.03. The van der Waals surface area contributed by atoms with Crippen LogP contribution >= 0.6 is 0 Å². The van der Waals surface area contributed by atoms with E-state index >= 15 is 0 Å². The summed E-state index contributed by atoms with van der Waals surface area (Å²) in [6, 6.07) is 5.97. The fraction of sp³-hybridized carbons (Fsp3) is 0.400. The minimum absolute atomic E-state index is 0.0286. The minimum atomic E-state index is -0.910. The molecule has 0 spiro atoms. The Labute approximate surface area is 134 Å². The van der Waals surface area contributed by atoms with Gasteiger partial charge >= 0.3 is 12.0 Å². The van der Waals surface area contributed by atoms with Gasteiger partial charge in [-0.25, -0.2) is 4.79 Å². The maximum Gasteiger partial charge on any atom is 0.319 e. The van der Waals surface area contributed by atoms with Crippen LogP contribution in [0.3, 0.4) is 0 Å². The number of carboxylic acids is 1. The lowest BCUT2D eigenvalue weighted by Crippen LogP contribution is -2.45. The highest BCUT2D eigenvalue weighted by atomic mass is 16.5. The summed E-state index contributed by atoms with van der Waals surface area (Å²) in [4.78, 5) is 33.1. The zero-order valence-corrected chi connectivity index (χ0v) is 13.1. The highest BCUT2D eigenvalue weighted by Crippen LogP contribution is 2.16. The number of carbonyl (C=O) groups excluding carboxylic acids is 2. The van der Waals surface area contributed by atoms with Gasteiger partial charge in [0.05, 0.1) is 0 Å². The van der Waals surface area contributed by atoms with E-state index in [-0.39, 0.29) is 13.0 Å². The van der Waals surface area contributed by atoms with Gasteiger partial charge in [0.1, 0.15) is 5.75 Å². The Hall–Kier alpha value is -2.77. The third-order valence-corrected chi connectivity index (χ3v) is 2.91. The quantitative estimate of drug-likeness (QED) is 0.573. The number of rotatable bonds is 8. The molecule has 0 heterocycles. The molecule has 0 aromatic heterocycles. The first-order chi connectivity index (χ1) is 10.7. The monoisotopic (exact) mass is 323 g/mol. The largest absolute Gasteiger partial charge is 0.484 e. The molecule has 126 valence electrons. The second-order valence-electron chi connectivity index (χ2n) is 5.64. The number of urea groups is 1. The van der Waals surface area contributed by atoms with Crippen LogP contribution in [0.15, 0.2) is 24.3 Å². The summed E-state index contributed by atoms with van der Waals surface area (Å²) >= 11 is 0. The van der Waals surface area contributed by atoms with Crippen molar-refractivity contribution in [3.8, 4) is 5.75 Å². The first kappa shape index (κ1) is 18.3. The molecule has 0 unspecified atom stereocenters. The molecule has 5 N–H and O–H groups in total. The standard InChI is InChI=1S/C15H21N3O5/c1-15(2,8-7-13(20)21)18-14(22)17-10-3-5-11(6-4-10)23-9-12(16)19/h3-6H,7-9H2,1-2H3,(H2,16,19)(H,20,21)(H2,17,18,22). The van der Waals surface area contributed by atoms with Gasteiger partial charge in [0, 0.05) is 17.6 Å². The minimum Gasteiger partial charge on any atom is -0.484 e. The number of hydrogen-bond donors (Lipinski definition) is 4. The normalized spacial score (nSPS) is 10.7. The van der Waals surface area contributed by atoms with E-state index in [2.05, 4.69) is 10.6 Å². The molecule has 1 rings (SSSR count). The average molecular weight is 323 g/mol. The number of aliphatic carboxylic acids is 1. The Kier molecular flexibility index (Phi) is 6.37. The van der Waals surface area contributed by atoms with Crippen molar-refractivity contribution >= 4 is 23.6 Å². The van der Waals surface area contributed by atoms with Crippen LogP contribution < -0.4 is 21.1 Å². The van der Waals surface area contributed by atoms with Gasteiger partial charge in [-0.05, 0) is 44.5 Å². The number of carbonyl (C=O) groups is 3. The lowest BCUT2D eigenvalue weighted by atomic mass is 9.99. The van der Waals surface area contributed by atoms with Crippen molar-refractivity contribution in [1.29, 1.82) is 0 Å². The van der Waals surface area contributed by atoms with Gasteiger partial charge in [0.15, 0.2) is 6.61 Å². The van der Waals surface area contributed by atoms with Crippen LogP contribution in [0.1, 0.15) is 26.7 Å². The number of hydrogen-bond acceptors (Lipinski definition) is 4. The first-order valence-electron chi connectivity index (χ1n) is 7.00. The molecule has 0 atom stereocenters. The van der Waals surface area contributed by atoms with E-state index in [0.29, 0.717) is 17.9 Å². The van der Waals surface area contributed by atoms with Gasteiger partial charge in [-0.15, -0.1) is 0 Å². The number of nitrogens with one attached hydrogen (secondary N) is 2. The van der Waals surface area contributed by atoms with Crippen LogP contribution in [0.4, 0.5) is 10.5 Å². The van der Waals surface area contributed by atoms with Crippen LogP contribution in [0.5, 0.6) is 5.75 Å². The smallest absolute Gasteiger partial charge is 0.319 e. The van der Waals surface area contributed by atoms with Crippen LogP contribution in [-0.2, 0) is 9.59 Å². The first-order valence-corrected chi connectivity index (χ1v) is 7.00. The van der Waals surface area contributed by atoms with E-state index in [1.54, 1.807) is 38.1 Å². The lowest BCUT2D eigenvalue weighted by Gasteiger charge is -2.25. The number of benzene rings is 1. The van der Waals surface area contributed by atoms with Gasteiger partial charge in [-0.3, -0.25) is 9.59 Å². The van der Waals surface area contributed by atoms with Crippen molar-refractivity contribution in [2.24, 2.45) is 5.73 Å². The second kappa shape index (κ2) is 8.02.